The topological polar surface area (TPSA) is 115 Å². The molecule has 0 atom stereocenters. The van der Waals surface area contributed by atoms with Crippen molar-refractivity contribution in [2.75, 3.05) is 12.3 Å². The van der Waals surface area contributed by atoms with E-state index >= 15 is 0 Å². The smallest absolute Gasteiger partial charge is 0.339 e. The van der Waals surface area contributed by atoms with Crippen molar-refractivity contribution < 1.29 is 19.4 Å². The molecule has 0 unspecified atom stereocenters. The Morgan fingerprint density at radius 3 is 2.57 bits per heavy atom. The molecule has 162 valence electrons. The first-order valence-electron chi connectivity index (χ1n) is 10.5. The van der Waals surface area contributed by atoms with Crippen LogP contribution in [0.25, 0.3) is 10.9 Å². The maximum atomic E-state index is 12.6. The van der Waals surface area contributed by atoms with E-state index in [2.05, 4.69) is 10.3 Å². The van der Waals surface area contributed by atoms with E-state index in [0.29, 0.717) is 28.8 Å². The van der Waals surface area contributed by atoms with Crippen molar-refractivity contribution in [1.82, 2.24) is 10.3 Å². The number of carbonyl (C=O) groups is 2. The third kappa shape index (κ3) is 4.35. The third-order valence-electron chi connectivity index (χ3n) is 5.77. The monoisotopic (exact) mass is 413 g/mol. The number of hydrogen-bond acceptors (Lipinski definition) is 5. The number of anilines is 1. The highest BCUT2D eigenvalue weighted by Crippen LogP contribution is 2.37. The summed E-state index contributed by atoms with van der Waals surface area (Å²) >= 11 is 0. The maximum Gasteiger partial charge on any atom is 0.339 e. The molecule has 3 rings (SSSR count). The lowest BCUT2D eigenvalue weighted by Crippen LogP contribution is -2.49. The number of nitrogens with one attached hydrogen (secondary N) is 1. The Balaban J connectivity index is 1.93. The van der Waals surface area contributed by atoms with E-state index in [1.54, 1.807) is 6.92 Å². The average Bonchev–Trinajstić information content (AvgIpc) is 3.20. The number of carboxylic acids is 1. The van der Waals surface area contributed by atoms with Gasteiger partial charge in [-0.25, -0.2) is 4.79 Å². The molecule has 1 aliphatic carbocycles. The molecule has 2 aromatic rings. The number of fused-ring (bicyclic) bond motifs is 1. The zero-order chi connectivity index (χ0) is 22.1. The Kier molecular flexibility index (Phi) is 6.19. The molecule has 4 N–H and O–H groups in total. The first-order valence-corrected chi connectivity index (χ1v) is 10.5. The molecule has 7 nitrogen and oxygen atoms in total. The van der Waals surface area contributed by atoms with Gasteiger partial charge in [0.15, 0.2) is 0 Å². The predicted molar refractivity (Wildman–Crippen MR) is 117 cm³/mol. The number of aromatic nitrogens is 1. The van der Waals surface area contributed by atoms with Gasteiger partial charge < -0.3 is 20.9 Å². The van der Waals surface area contributed by atoms with Gasteiger partial charge in [0.05, 0.1) is 27.8 Å². The van der Waals surface area contributed by atoms with Crippen LogP contribution >= 0.6 is 0 Å². The molecule has 1 fully saturated rings. The van der Waals surface area contributed by atoms with Gasteiger partial charge in [0, 0.05) is 5.92 Å². The highest BCUT2D eigenvalue weighted by molar-refractivity contribution is 6.07. The molecule has 0 radical (unpaired) electrons. The minimum atomic E-state index is -1.11. The highest BCUT2D eigenvalue weighted by Gasteiger charge is 2.29. The van der Waals surface area contributed by atoms with Crippen LogP contribution in [0.1, 0.15) is 68.1 Å². The number of nitrogens with zero attached hydrogens (tertiary/aromatic N) is 1. The first-order chi connectivity index (χ1) is 14.1. The second-order valence-corrected chi connectivity index (χ2v) is 8.74. The fourth-order valence-electron chi connectivity index (χ4n) is 4.15. The number of aryl methyl sites for hydroxylation is 2. The molecular formula is C23H31N3O4. The SMILES string of the molecule is CCc1ccc2nc(C)c(C(=O)O)c(N)c2c1OCC(C)(C)NC(=O)C1CCCC1. The number of nitrogen functional groups attached to an aromatic ring is 1. The number of aromatic carboxylic acids is 1. The Morgan fingerprint density at radius 1 is 1.30 bits per heavy atom. The molecule has 30 heavy (non-hydrogen) atoms. The molecule has 0 aliphatic heterocycles. The van der Waals surface area contributed by atoms with E-state index in [1.165, 1.54) is 0 Å². The summed E-state index contributed by atoms with van der Waals surface area (Å²) in [6.07, 6.45) is 4.76. The average molecular weight is 414 g/mol. The molecular weight excluding hydrogens is 382 g/mol. The van der Waals surface area contributed by atoms with Crippen molar-refractivity contribution in [2.45, 2.75) is 65.3 Å². The van der Waals surface area contributed by atoms with Crippen molar-refractivity contribution >= 4 is 28.5 Å². The standard InChI is InChI=1S/C23H31N3O4/c1-5-14-10-11-16-18(19(24)17(22(28)29)13(2)25-16)20(14)30-12-23(3,4)26-21(27)15-8-6-7-9-15/h10-11,15H,5-9,12H2,1-4H3,(H2,24,25)(H,26,27)(H,28,29). The highest BCUT2D eigenvalue weighted by atomic mass is 16.5. The largest absolute Gasteiger partial charge is 0.490 e. The second-order valence-electron chi connectivity index (χ2n) is 8.74. The number of amides is 1. The summed E-state index contributed by atoms with van der Waals surface area (Å²) in [6, 6.07) is 3.76. The minimum Gasteiger partial charge on any atom is -0.490 e. The molecule has 1 saturated carbocycles. The number of pyridine rings is 1. The van der Waals surface area contributed by atoms with Gasteiger partial charge >= 0.3 is 5.97 Å². The van der Waals surface area contributed by atoms with Gasteiger partial charge in [-0.3, -0.25) is 9.78 Å². The lowest BCUT2D eigenvalue weighted by Gasteiger charge is -2.29. The van der Waals surface area contributed by atoms with Crippen LogP contribution < -0.4 is 15.8 Å². The number of benzene rings is 1. The number of rotatable bonds is 7. The molecule has 1 aromatic carbocycles. The van der Waals surface area contributed by atoms with Crippen molar-refractivity contribution in [3.05, 3.63) is 29.0 Å². The molecule has 0 saturated heterocycles. The summed E-state index contributed by atoms with van der Waals surface area (Å²) < 4.78 is 6.20. The van der Waals surface area contributed by atoms with E-state index in [4.69, 9.17) is 10.5 Å². The van der Waals surface area contributed by atoms with Gasteiger partial charge in [-0.2, -0.15) is 0 Å². The van der Waals surface area contributed by atoms with Gasteiger partial charge in [-0.15, -0.1) is 0 Å². The molecule has 1 amide bonds. The van der Waals surface area contributed by atoms with E-state index in [1.807, 2.05) is 32.9 Å². The van der Waals surface area contributed by atoms with Crippen LogP contribution in [-0.4, -0.2) is 34.1 Å². The van der Waals surface area contributed by atoms with Crippen molar-refractivity contribution in [1.29, 1.82) is 0 Å². The Bertz CT molecular complexity index is 978. The summed E-state index contributed by atoms with van der Waals surface area (Å²) in [4.78, 5) is 28.7. The summed E-state index contributed by atoms with van der Waals surface area (Å²) in [5.74, 6) is -0.434. The third-order valence-corrected chi connectivity index (χ3v) is 5.77. The fraction of sp³-hybridized carbons (Fsp3) is 0.522. The molecule has 1 aromatic heterocycles. The van der Waals surface area contributed by atoms with Crippen LogP contribution in [0.5, 0.6) is 5.75 Å². The summed E-state index contributed by atoms with van der Waals surface area (Å²) in [7, 11) is 0. The molecule has 0 bridgehead atoms. The van der Waals surface area contributed by atoms with E-state index < -0.39 is 11.5 Å². The van der Waals surface area contributed by atoms with Gasteiger partial charge in [-0.1, -0.05) is 25.8 Å². The zero-order valence-corrected chi connectivity index (χ0v) is 18.2. The Morgan fingerprint density at radius 2 is 1.97 bits per heavy atom. The fourth-order valence-corrected chi connectivity index (χ4v) is 4.15. The van der Waals surface area contributed by atoms with Crippen LogP contribution in [0.3, 0.4) is 0 Å². The second kappa shape index (κ2) is 8.50. The summed E-state index contributed by atoms with van der Waals surface area (Å²) in [5.41, 5.74) is 7.71. The van der Waals surface area contributed by atoms with Crippen LogP contribution in [0.15, 0.2) is 12.1 Å². The lowest BCUT2D eigenvalue weighted by atomic mass is 10.0. The number of hydrogen-bond donors (Lipinski definition) is 3. The number of carboxylic acid groups (broad SMARTS) is 1. The quantitative estimate of drug-likeness (QED) is 0.635. The van der Waals surface area contributed by atoms with Gasteiger partial charge in [0.2, 0.25) is 5.91 Å². The first kappa shape index (κ1) is 21.9. The summed E-state index contributed by atoms with van der Waals surface area (Å²) in [6.45, 7) is 7.70. The van der Waals surface area contributed by atoms with Crippen molar-refractivity contribution in [3.63, 3.8) is 0 Å². The van der Waals surface area contributed by atoms with Gasteiger partial charge in [0.1, 0.15) is 17.9 Å². The minimum absolute atomic E-state index is 0.00519. The Hall–Kier alpha value is -2.83. The Labute approximate surface area is 177 Å². The van der Waals surface area contributed by atoms with E-state index in [-0.39, 0.29) is 29.7 Å². The maximum absolute atomic E-state index is 12.6. The predicted octanol–water partition coefficient (Wildman–Crippen LogP) is 3.85. The lowest BCUT2D eigenvalue weighted by molar-refractivity contribution is -0.126. The van der Waals surface area contributed by atoms with E-state index in [0.717, 1.165) is 31.2 Å². The van der Waals surface area contributed by atoms with Crippen LogP contribution in [0.4, 0.5) is 5.69 Å². The number of ether oxygens (including phenoxy) is 1. The molecule has 1 aliphatic rings. The van der Waals surface area contributed by atoms with Crippen molar-refractivity contribution in [2.24, 2.45) is 5.92 Å². The zero-order valence-electron chi connectivity index (χ0n) is 18.2. The van der Waals surface area contributed by atoms with Crippen LogP contribution in [0.2, 0.25) is 0 Å². The normalized spacial score (nSPS) is 14.8. The molecule has 1 heterocycles. The van der Waals surface area contributed by atoms with E-state index in [9.17, 15) is 14.7 Å². The van der Waals surface area contributed by atoms with Gasteiger partial charge in [-0.05, 0) is 51.7 Å². The molecule has 7 heteroatoms. The van der Waals surface area contributed by atoms with Crippen molar-refractivity contribution in [3.8, 4) is 5.75 Å². The molecule has 0 spiro atoms. The number of carbonyl (C=O) groups excluding carboxylic acids is 1. The number of nitrogens with two attached hydrogens (primary N) is 1. The van der Waals surface area contributed by atoms with Crippen LogP contribution in [0, 0.1) is 12.8 Å². The van der Waals surface area contributed by atoms with Gasteiger partial charge in [0.25, 0.3) is 0 Å². The van der Waals surface area contributed by atoms with Crippen LogP contribution in [-0.2, 0) is 11.2 Å². The summed E-state index contributed by atoms with van der Waals surface area (Å²) in [5, 5.41) is 13.2.